The van der Waals surface area contributed by atoms with Gasteiger partial charge < -0.3 is 15.1 Å². The number of nitrogens with one attached hydrogen (secondary N) is 2. The first-order chi connectivity index (χ1) is 14.0. The number of rotatable bonds is 4. The molecule has 0 bridgehead atoms. The molecule has 2 aromatic heterocycles. The molecule has 0 saturated carbocycles. The van der Waals surface area contributed by atoms with Crippen molar-refractivity contribution in [2.24, 2.45) is 0 Å². The Morgan fingerprint density at radius 1 is 1.07 bits per heavy atom. The van der Waals surface area contributed by atoms with Crippen LogP contribution in [0.3, 0.4) is 0 Å². The van der Waals surface area contributed by atoms with E-state index in [9.17, 15) is 4.79 Å². The van der Waals surface area contributed by atoms with Gasteiger partial charge in [0.1, 0.15) is 0 Å². The summed E-state index contributed by atoms with van der Waals surface area (Å²) in [6, 6.07) is 9.36. The molecule has 0 atom stereocenters. The largest absolute Gasteiger partial charge is 0.338 e. The third kappa shape index (κ3) is 4.43. The van der Waals surface area contributed by atoms with E-state index in [-0.39, 0.29) is 5.56 Å². The topological polar surface area (TPSA) is 90.0 Å². The number of nitrogens with zero attached hydrogens (tertiary/aromatic N) is 5. The van der Waals surface area contributed by atoms with Crippen LogP contribution in [-0.4, -0.2) is 58.1 Å². The summed E-state index contributed by atoms with van der Waals surface area (Å²) < 4.78 is 0. The van der Waals surface area contributed by atoms with Crippen LogP contribution in [0.1, 0.15) is 11.3 Å². The number of anilines is 3. The van der Waals surface area contributed by atoms with Crippen LogP contribution in [0.25, 0.3) is 11.3 Å². The van der Waals surface area contributed by atoms with Crippen molar-refractivity contribution in [3.8, 4) is 11.3 Å². The number of hydrogen-bond acceptors (Lipinski definition) is 7. The molecule has 8 nitrogen and oxygen atoms in total. The van der Waals surface area contributed by atoms with E-state index in [1.807, 2.05) is 38.1 Å². The molecule has 1 fully saturated rings. The van der Waals surface area contributed by atoms with Gasteiger partial charge in [0.05, 0.1) is 11.4 Å². The first-order valence-electron chi connectivity index (χ1n) is 9.70. The molecule has 29 heavy (non-hydrogen) atoms. The Labute approximate surface area is 169 Å². The van der Waals surface area contributed by atoms with Gasteiger partial charge in [-0.05, 0) is 38.6 Å². The molecule has 8 heteroatoms. The van der Waals surface area contributed by atoms with Gasteiger partial charge in [-0.15, -0.1) is 0 Å². The number of benzene rings is 1. The minimum Gasteiger partial charge on any atom is -0.338 e. The molecule has 0 radical (unpaired) electrons. The number of aryl methyl sites for hydroxylation is 2. The summed E-state index contributed by atoms with van der Waals surface area (Å²) in [7, 11) is 2.12. The zero-order valence-electron chi connectivity index (χ0n) is 16.9. The molecule has 2 N–H and O–H groups in total. The van der Waals surface area contributed by atoms with E-state index < -0.39 is 0 Å². The summed E-state index contributed by atoms with van der Waals surface area (Å²) in [6.07, 6.45) is 1.76. The lowest BCUT2D eigenvalue weighted by molar-refractivity contribution is 0.311. The summed E-state index contributed by atoms with van der Waals surface area (Å²) in [4.78, 5) is 33.2. The maximum absolute atomic E-state index is 12.2. The smallest absolute Gasteiger partial charge is 0.252 e. The predicted octanol–water partition coefficient (Wildman–Crippen LogP) is 2.34. The van der Waals surface area contributed by atoms with Gasteiger partial charge in [0.2, 0.25) is 11.9 Å². The zero-order chi connectivity index (χ0) is 20.4. The molecular formula is C21H25N7O. The van der Waals surface area contributed by atoms with E-state index in [0.717, 1.165) is 54.6 Å². The molecule has 0 unspecified atom stereocenters. The third-order valence-electron chi connectivity index (χ3n) is 5.05. The molecule has 3 heterocycles. The highest BCUT2D eigenvalue weighted by Crippen LogP contribution is 2.22. The quantitative estimate of drug-likeness (QED) is 0.705. The highest BCUT2D eigenvalue weighted by molar-refractivity contribution is 5.64. The first kappa shape index (κ1) is 19.1. The van der Waals surface area contributed by atoms with Crippen LogP contribution in [0.2, 0.25) is 0 Å². The Kier molecular flexibility index (Phi) is 5.26. The number of H-pyrrole nitrogens is 1. The molecule has 4 rings (SSSR count). The van der Waals surface area contributed by atoms with Crippen molar-refractivity contribution in [2.45, 2.75) is 13.8 Å². The number of piperazine rings is 1. The Bertz CT molecular complexity index is 1070. The predicted molar refractivity (Wildman–Crippen MR) is 115 cm³/mol. The first-order valence-corrected chi connectivity index (χ1v) is 9.70. The van der Waals surface area contributed by atoms with E-state index in [1.54, 1.807) is 6.20 Å². The summed E-state index contributed by atoms with van der Waals surface area (Å²) in [5.74, 6) is 1.11. The lowest BCUT2D eigenvalue weighted by Gasteiger charge is -2.32. The normalized spacial score (nSPS) is 14.8. The van der Waals surface area contributed by atoms with E-state index in [2.05, 4.69) is 42.1 Å². The lowest BCUT2D eigenvalue weighted by Crippen LogP contribution is -2.45. The van der Waals surface area contributed by atoms with Gasteiger partial charge in [-0.2, -0.15) is 0 Å². The Morgan fingerprint density at radius 2 is 1.86 bits per heavy atom. The van der Waals surface area contributed by atoms with E-state index >= 15 is 0 Å². The van der Waals surface area contributed by atoms with Crippen molar-refractivity contribution in [1.82, 2.24) is 24.8 Å². The SMILES string of the molecule is Cc1cccc(Nc2nc(-c3cnc(N4CCN(C)CC4)nc3C)cc(=O)[nH]2)c1. The minimum absolute atomic E-state index is 0.229. The molecule has 1 saturated heterocycles. The second kappa shape index (κ2) is 8.00. The fourth-order valence-electron chi connectivity index (χ4n) is 3.38. The maximum atomic E-state index is 12.2. The van der Waals surface area contributed by atoms with Gasteiger partial charge in [0.15, 0.2) is 0 Å². The maximum Gasteiger partial charge on any atom is 0.252 e. The van der Waals surface area contributed by atoms with Crippen LogP contribution in [0, 0.1) is 13.8 Å². The number of aromatic nitrogens is 4. The molecule has 3 aromatic rings. The second-order valence-corrected chi connectivity index (χ2v) is 7.43. The fraction of sp³-hybridized carbons (Fsp3) is 0.333. The van der Waals surface area contributed by atoms with Crippen LogP contribution in [0.5, 0.6) is 0 Å². The molecule has 150 valence electrons. The van der Waals surface area contributed by atoms with Gasteiger partial charge in [0, 0.05) is 49.7 Å². The van der Waals surface area contributed by atoms with Crippen LogP contribution >= 0.6 is 0 Å². The van der Waals surface area contributed by atoms with E-state index in [1.165, 1.54) is 6.07 Å². The van der Waals surface area contributed by atoms with Crippen molar-refractivity contribution < 1.29 is 0 Å². The highest BCUT2D eigenvalue weighted by Gasteiger charge is 2.18. The summed E-state index contributed by atoms with van der Waals surface area (Å²) in [5.41, 5.74) is 3.86. The van der Waals surface area contributed by atoms with Crippen molar-refractivity contribution in [2.75, 3.05) is 43.4 Å². The molecule has 1 aliphatic heterocycles. The Morgan fingerprint density at radius 3 is 2.59 bits per heavy atom. The minimum atomic E-state index is -0.229. The molecule has 0 spiro atoms. The van der Waals surface area contributed by atoms with E-state index in [4.69, 9.17) is 0 Å². The van der Waals surface area contributed by atoms with Crippen LogP contribution < -0.4 is 15.8 Å². The van der Waals surface area contributed by atoms with Crippen molar-refractivity contribution in [1.29, 1.82) is 0 Å². The van der Waals surface area contributed by atoms with Crippen LogP contribution in [-0.2, 0) is 0 Å². The molecule has 0 amide bonds. The Balaban J connectivity index is 1.61. The lowest BCUT2D eigenvalue weighted by atomic mass is 10.1. The summed E-state index contributed by atoms with van der Waals surface area (Å²) in [6.45, 7) is 7.74. The van der Waals surface area contributed by atoms with Gasteiger partial charge in [0.25, 0.3) is 5.56 Å². The van der Waals surface area contributed by atoms with Gasteiger partial charge in [-0.25, -0.2) is 15.0 Å². The average molecular weight is 391 g/mol. The fourth-order valence-corrected chi connectivity index (χ4v) is 3.38. The molecule has 1 aliphatic rings. The van der Waals surface area contributed by atoms with Gasteiger partial charge in [-0.1, -0.05) is 12.1 Å². The number of hydrogen-bond donors (Lipinski definition) is 2. The number of likely N-dealkylation sites (N-methyl/N-ethyl adjacent to an activating group) is 1. The highest BCUT2D eigenvalue weighted by atomic mass is 16.1. The van der Waals surface area contributed by atoms with Crippen molar-refractivity contribution >= 4 is 17.6 Å². The van der Waals surface area contributed by atoms with Gasteiger partial charge >= 0.3 is 0 Å². The van der Waals surface area contributed by atoms with Gasteiger partial charge in [-0.3, -0.25) is 9.78 Å². The monoisotopic (exact) mass is 391 g/mol. The van der Waals surface area contributed by atoms with Crippen LogP contribution in [0.15, 0.2) is 41.3 Å². The third-order valence-corrected chi connectivity index (χ3v) is 5.05. The standard InChI is InChI=1S/C21H25N7O/c1-14-5-4-6-16(11-14)24-20-25-18(12-19(29)26-20)17-13-22-21(23-15(17)2)28-9-7-27(3)8-10-28/h4-6,11-13H,7-10H2,1-3H3,(H2,24,25,26,29). The van der Waals surface area contributed by atoms with Crippen molar-refractivity contribution in [3.63, 3.8) is 0 Å². The van der Waals surface area contributed by atoms with Crippen molar-refractivity contribution in [3.05, 3.63) is 58.1 Å². The Hall–Kier alpha value is -3.26. The van der Waals surface area contributed by atoms with Crippen LogP contribution in [0.4, 0.5) is 17.6 Å². The second-order valence-electron chi connectivity index (χ2n) is 7.43. The summed E-state index contributed by atoms with van der Waals surface area (Å²) in [5, 5.41) is 3.16. The molecule has 0 aliphatic carbocycles. The van der Waals surface area contributed by atoms with E-state index in [0.29, 0.717) is 11.6 Å². The average Bonchev–Trinajstić information content (AvgIpc) is 2.68. The zero-order valence-corrected chi connectivity index (χ0v) is 16.9. The molecular weight excluding hydrogens is 366 g/mol. The number of aromatic amines is 1. The molecule has 1 aromatic carbocycles. The summed E-state index contributed by atoms with van der Waals surface area (Å²) >= 11 is 0.